The Hall–Kier alpha value is -1.61. The molecule has 0 radical (unpaired) electrons. The van der Waals surface area contributed by atoms with Gasteiger partial charge < -0.3 is 5.73 Å². The van der Waals surface area contributed by atoms with Crippen LogP contribution in [0.3, 0.4) is 0 Å². The first-order valence-electron chi connectivity index (χ1n) is 6.37. The summed E-state index contributed by atoms with van der Waals surface area (Å²) in [4.78, 5) is 0. The van der Waals surface area contributed by atoms with Crippen LogP contribution >= 0.6 is 0 Å². The third-order valence-electron chi connectivity index (χ3n) is 3.40. The number of rotatable bonds is 3. The zero-order chi connectivity index (χ0) is 13.3. The highest BCUT2D eigenvalue weighted by Crippen LogP contribution is 2.28. The van der Waals surface area contributed by atoms with Crippen molar-refractivity contribution < 1.29 is 0 Å². The van der Waals surface area contributed by atoms with Crippen molar-refractivity contribution in [3.8, 4) is 11.1 Å². The molecule has 3 nitrogen and oxygen atoms in total. The molecule has 0 saturated carbocycles. The zero-order valence-corrected chi connectivity index (χ0v) is 11.6. The van der Waals surface area contributed by atoms with Crippen LogP contribution in [0.4, 0.5) is 0 Å². The Morgan fingerprint density at radius 2 is 1.83 bits per heavy atom. The number of aromatic nitrogens is 2. The quantitative estimate of drug-likeness (QED) is 0.900. The van der Waals surface area contributed by atoms with E-state index in [4.69, 9.17) is 5.73 Å². The van der Waals surface area contributed by atoms with Crippen LogP contribution in [0.5, 0.6) is 0 Å². The fraction of sp³-hybridized carbons (Fsp3) is 0.400. The topological polar surface area (TPSA) is 43.8 Å². The highest BCUT2D eigenvalue weighted by atomic mass is 15.3. The van der Waals surface area contributed by atoms with E-state index in [2.05, 4.69) is 43.2 Å². The second kappa shape index (κ2) is 4.94. The van der Waals surface area contributed by atoms with Gasteiger partial charge in [0, 0.05) is 19.2 Å². The van der Waals surface area contributed by atoms with Crippen molar-refractivity contribution in [3.63, 3.8) is 0 Å². The second-order valence-electron chi connectivity index (χ2n) is 5.01. The van der Waals surface area contributed by atoms with Crippen molar-refractivity contribution in [2.24, 2.45) is 12.8 Å². The first kappa shape index (κ1) is 12.8. The molecular weight excluding hydrogens is 222 g/mol. The van der Waals surface area contributed by atoms with E-state index < -0.39 is 0 Å². The van der Waals surface area contributed by atoms with Crippen LogP contribution in [-0.4, -0.2) is 9.78 Å². The van der Waals surface area contributed by atoms with Gasteiger partial charge in [-0.1, -0.05) is 38.1 Å². The Kier molecular flexibility index (Phi) is 3.53. The van der Waals surface area contributed by atoms with Gasteiger partial charge in [0.25, 0.3) is 0 Å². The summed E-state index contributed by atoms with van der Waals surface area (Å²) >= 11 is 0. The molecule has 0 saturated heterocycles. The van der Waals surface area contributed by atoms with Crippen LogP contribution < -0.4 is 5.73 Å². The van der Waals surface area contributed by atoms with E-state index in [0.717, 1.165) is 11.4 Å². The van der Waals surface area contributed by atoms with Gasteiger partial charge in [-0.15, -0.1) is 0 Å². The maximum Gasteiger partial charge on any atom is 0.0675 e. The van der Waals surface area contributed by atoms with Crippen LogP contribution in [-0.2, 0) is 13.6 Å². The van der Waals surface area contributed by atoms with Crippen LogP contribution in [0.2, 0.25) is 0 Å². The summed E-state index contributed by atoms with van der Waals surface area (Å²) < 4.78 is 1.88. The normalized spacial score (nSPS) is 11.2. The minimum Gasteiger partial charge on any atom is -0.325 e. The van der Waals surface area contributed by atoms with Crippen LogP contribution in [0, 0.1) is 6.92 Å². The van der Waals surface area contributed by atoms with E-state index >= 15 is 0 Å². The molecule has 0 amide bonds. The van der Waals surface area contributed by atoms with E-state index in [1.165, 1.54) is 16.7 Å². The Morgan fingerprint density at radius 1 is 1.22 bits per heavy atom. The molecule has 3 heteroatoms. The van der Waals surface area contributed by atoms with Crippen molar-refractivity contribution in [1.82, 2.24) is 9.78 Å². The summed E-state index contributed by atoms with van der Waals surface area (Å²) in [6, 6.07) is 8.70. The first-order valence-corrected chi connectivity index (χ1v) is 6.37. The third-order valence-corrected chi connectivity index (χ3v) is 3.40. The fourth-order valence-corrected chi connectivity index (χ4v) is 2.35. The van der Waals surface area contributed by atoms with Crippen LogP contribution in [0.15, 0.2) is 24.3 Å². The van der Waals surface area contributed by atoms with Gasteiger partial charge in [-0.3, -0.25) is 4.68 Å². The lowest BCUT2D eigenvalue weighted by atomic mass is 9.98. The lowest BCUT2D eigenvalue weighted by Crippen LogP contribution is -2.05. The fourth-order valence-electron chi connectivity index (χ4n) is 2.35. The number of benzene rings is 1. The van der Waals surface area contributed by atoms with Crippen LogP contribution in [0.1, 0.15) is 36.7 Å². The third kappa shape index (κ3) is 2.18. The van der Waals surface area contributed by atoms with Gasteiger partial charge in [-0.05, 0) is 24.0 Å². The lowest BCUT2D eigenvalue weighted by molar-refractivity contribution is 0.706. The summed E-state index contributed by atoms with van der Waals surface area (Å²) in [6.07, 6.45) is 0. The molecule has 2 rings (SSSR count). The monoisotopic (exact) mass is 243 g/mol. The number of aryl methyl sites for hydroxylation is 2. The predicted molar refractivity (Wildman–Crippen MR) is 75.4 cm³/mol. The summed E-state index contributed by atoms with van der Waals surface area (Å²) in [6.45, 7) is 6.95. The highest BCUT2D eigenvalue weighted by molar-refractivity contribution is 5.69. The minimum absolute atomic E-state index is 0.513. The van der Waals surface area contributed by atoms with Gasteiger partial charge >= 0.3 is 0 Å². The van der Waals surface area contributed by atoms with Gasteiger partial charge in [0.05, 0.1) is 11.4 Å². The van der Waals surface area contributed by atoms with Crippen molar-refractivity contribution in [1.29, 1.82) is 0 Å². The highest BCUT2D eigenvalue weighted by Gasteiger charge is 2.13. The van der Waals surface area contributed by atoms with E-state index in [9.17, 15) is 0 Å². The number of nitrogens with zero attached hydrogens (tertiary/aromatic N) is 2. The van der Waals surface area contributed by atoms with Crippen molar-refractivity contribution in [3.05, 3.63) is 41.2 Å². The van der Waals surface area contributed by atoms with Crippen molar-refractivity contribution >= 4 is 0 Å². The first-order chi connectivity index (χ1) is 8.54. The molecule has 0 aliphatic rings. The molecule has 0 unspecified atom stereocenters. The van der Waals surface area contributed by atoms with Crippen molar-refractivity contribution in [2.75, 3.05) is 0 Å². The van der Waals surface area contributed by atoms with Gasteiger partial charge in [0.2, 0.25) is 0 Å². The molecule has 18 heavy (non-hydrogen) atoms. The van der Waals surface area contributed by atoms with Crippen LogP contribution in [0.25, 0.3) is 11.1 Å². The maximum atomic E-state index is 5.82. The standard InChI is InChI=1S/C15H21N3/c1-10(2)12-5-7-13(8-6-12)15-11(3)17-18(4)14(15)9-16/h5-8,10H,9,16H2,1-4H3. The lowest BCUT2D eigenvalue weighted by Gasteiger charge is -2.08. The molecule has 1 heterocycles. The van der Waals surface area contributed by atoms with Gasteiger partial charge in [-0.2, -0.15) is 5.10 Å². The Bertz CT molecular complexity index is 536. The molecule has 0 bridgehead atoms. The Balaban J connectivity index is 2.48. The predicted octanol–water partition coefficient (Wildman–Crippen LogP) is 2.98. The van der Waals surface area contributed by atoms with Gasteiger partial charge in [0.1, 0.15) is 0 Å². The van der Waals surface area contributed by atoms with E-state index in [1.807, 2.05) is 18.7 Å². The largest absolute Gasteiger partial charge is 0.325 e. The SMILES string of the molecule is Cc1nn(C)c(CN)c1-c1ccc(C(C)C)cc1. The molecular formula is C15H21N3. The molecule has 2 N–H and O–H groups in total. The molecule has 0 aliphatic carbocycles. The Morgan fingerprint density at radius 3 is 2.33 bits per heavy atom. The molecule has 0 spiro atoms. The molecule has 1 aromatic heterocycles. The second-order valence-corrected chi connectivity index (χ2v) is 5.01. The molecule has 0 fully saturated rings. The summed E-state index contributed by atoms with van der Waals surface area (Å²) in [7, 11) is 1.95. The average molecular weight is 243 g/mol. The Labute approximate surface area is 109 Å². The smallest absolute Gasteiger partial charge is 0.0675 e. The molecule has 96 valence electrons. The van der Waals surface area contributed by atoms with E-state index in [0.29, 0.717) is 12.5 Å². The van der Waals surface area contributed by atoms with E-state index in [-0.39, 0.29) is 0 Å². The summed E-state index contributed by atoms with van der Waals surface area (Å²) in [5.74, 6) is 0.558. The zero-order valence-electron chi connectivity index (χ0n) is 11.6. The number of hydrogen-bond donors (Lipinski definition) is 1. The minimum atomic E-state index is 0.513. The molecule has 1 aromatic carbocycles. The van der Waals surface area contributed by atoms with Gasteiger partial charge in [0.15, 0.2) is 0 Å². The van der Waals surface area contributed by atoms with Gasteiger partial charge in [-0.25, -0.2) is 0 Å². The van der Waals surface area contributed by atoms with Crippen molar-refractivity contribution in [2.45, 2.75) is 33.2 Å². The molecule has 2 aromatic rings. The maximum absolute atomic E-state index is 5.82. The molecule has 0 aliphatic heterocycles. The number of nitrogens with two attached hydrogens (primary N) is 1. The molecule has 0 atom stereocenters. The number of hydrogen-bond acceptors (Lipinski definition) is 2. The summed E-state index contributed by atoms with van der Waals surface area (Å²) in [5, 5.41) is 4.45. The van der Waals surface area contributed by atoms with E-state index in [1.54, 1.807) is 0 Å². The average Bonchev–Trinajstić information content (AvgIpc) is 2.63. The summed E-state index contributed by atoms with van der Waals surface area (Å²) in [5.41, 5.74) is 11.7.